The number of carbonyl (C=O) groups is 2. The molecule has 6 rings (SSSR count). The number of ether oxygens (including phenoxy) is 2. The van der Waals surface area contributed by atoms with Gasteiger partial charge in [-0.15, -0.1) is 0 Å². The Morgan fingerprint density at radius 1 is 0.800 bits per heavy atom. The van der Waals surface area contributed by atoms with E-state index in [9.17, 15) is 9.59 Å². The van der Waals surface area contributed by atoms with Crippen LogP contribution in [0.4, 0.5) is 11.4 Å². The molecule has 3 aromatic rings. The molecule has 3 aliphatic rings. The molecule has 0 radical (unpaired) electrons. The molecular weight excluding hydrogens is 462 g/mol. The summed E-state index contributed by atoms with van der Waals surface area (Å²) in [5.41, 5.74) is 1.84. The number of rotatable bonds is 3. The quantitative estimate of drug-likeness (QED) is 0.560. The number of benzene rings is 3. The van der Waals surface area contributed by atoms with E-state index in [1.165, 1.54) is 0 Å². The van der Waals surface area contributed by atoms with E-state index in [4.69, 9.17) is 9.47 Å². The Morgan fingerprint density at radius 3 is 2.09 bits per heavy atom. The first-order chi connectivity index (χ1) is 17.2. The number of fused-ring (bicyclic) bond motifs is 3. The molecule has 0 N–H and O–H groups in total. The average molecular weight is 488 g/mol. The van der Waals surface area contributed by atoms with Gasteiger partial charge in [0.25, 0.3) is 5.91 Å². The third kappa shape index (κ3) is 4.24. The molecule has 1 saturated heterocycles. The smallest absolute Gasteiger partial charge is 0.267 e. The number of piperazine rings is 1. The lowest BCUT2D eigenvalue weighted by Crippen LogP contribution is -2.55. The van der Waals surface area contributed by atoms with Crippen LogP contribution in [0.15, 0.2) is 82.6 Å². The summed E-state index contributed by atoms with van der Waals surface area (Å²) >= 11 is 1.69. The monoisotopic (exact) mass is 487 g/mol. The van der Waals surface area contributed by atoms with E-state index in [1.54, 1.807) is 11.8 Å². The van der Waals surface area contributed by atoms with Crippen LogP contribution in [-0.4, -0.2) is 67.0 Å². The zero-order valence-corrected chi connectivity index (χ0v) is 19.9. The second-order valence-electron chi connectivity index (χ2n) is 8.73. The highest BCUT2D eigenvalue weighted by Crippen LogP contribution is 2.47. The van der Waals surface area contributed by atoms with Crippen molar-refractivity contribution in [2.24, 2.45) is 0 Å². The third-order valence-electron chi connectivity index (χ3n) is 6.51. The SMILES string of the molecule is O=C(C1COc2ccccc2O1)N1CCN(CC(=O)N2c3ccccc3Sc3ccccc32)CC1. The lowest BCUT2D eigenvalue weighted by molar-refractivity contribution is -0.143. The van der Waals surface area contributed by atoms with Gasteiger partial charge < -0.3 is 14.4 Å². The van der Waals surface area contributed by atoms with E-state index < -0.39 is 6.10 Å². The number of anilines is 2. The first kappa shape index (κ1) is 22.0. The highest BCUT2D eigenvalue weighted by atomic mass is 32.2. The van der Waals surface area contributed by atoms with Crippen LogP contribution in [0.3, 0.4) is 0 Å². The zero-order valence-electron chi connectivity index (χ0n) is 19.1. The van der Waals surface area contributed by atoms with Crippen molar-refractivity contribution in [2.45, 2.75) is 15.9 Å². The molecule has 1 fully saturated rings. The molecule has 178 valence electrons. The summed E-state index contributed by atoms with van der Waals surface area (Å²) in [6.07, 6.45) is -0.642. The van der Waals surface area contributed by atoms with Crippen molar-refractivity contribution in [1.29, 1.82) is 0 Å². The van der Waals surface area contributed by atoms with Gasteiger partial charge in [-0.1, -0.05) is 48.2 Å². The van der Waals surface area contributed by atoms with Crippen LogP contribution in [-0.2, 0) is 9.59 Å². The Morgan fingerprint density at radius 2 is 1.40 bits per heavy atom. The van der Waals surface area contributed by atoms with Gasteiger partial charge in [0.1, 0.15) is 6.61 Å². The molecule has 0 aromatic heterocycles. The second kappa shape index (κ2) is 9.28. The second-order valence-corrected chi connectivity index (χ2v) is 9.82. The van der Waals surface area contributed by atoms with Gasteiger partial charge in [0.15, 0.2) is 11.5 Å². The lowest BCUT2D eigenvalue weighted by atomic mass is 10.2. The van der Waals surface area contributed by atoms with Crippen LogP contribution in [0.1, 0.15) is 0 Å². The minimum Gasteiger partial charge on any atom is -0.485 e. The largest absolute Gasteiger partial charge is 0.485 e. The molecule has 8 heteroatoms. The van der Waals surface area contributed by atoms with E-state index in [-0.39, 0.29) is 18.4 Å². The minimum atomic E-state index is -0.642. The minimum absolute atomic E-state index is 0.0330. The van der Waals surface area contributed by atoms with Crippen molar-refractivity contribution in [1.82, 2.24) is 9.80 Å². The lowest BCUT2D eigenvalue weighted by Gasteiger charge is -2.38. The van der Waals surface area contributed by atoms with Gasteiger partial charge in [-0.05, 0) is 36.4 Å². The Hall–Kier alpha value is -3.49. The van der Waals surface area contributed by atoms with Crippen LogP contribution in [0, 0.1) is 0 Å². The number of hydrogen-bond donors (Lipinski definition) is 0. The van der Waals surface area contributed by atoms with Gasteiger partial charge in [-0.25, -0.2) is 0 Å². The van der Waals surface area contributed by atoms with Gasteiger partial charge in [0.05, 0.1) is 17.9 Å². The highest BCUT2D eigenvalue weighted by molar-refractivity contribution is 7.99. The number of carbonyl (C=O) groups excluding carboxylic acids is 2. The predicted octanol–water partition coefficient (Wildman–Crippen LogP) is 3.80. The summed E-state index contributed by atoms with van der Waals surface area (Å²) in [7, 11) is 0. The Labute approximate surface area is 208 Å². The highest BCUT2D eigenvalue weighted by Gasteiger charge is 2.34. The van der Waals surface area contributed by atoms with Crippen LogP contribution in [0.5, 0.6) is 11.5 Å². The van der Waals surface area contributed by atoms with Gasteiger partial charge in [0.2, 0.25) is 12.0 Å². The molecular formula is C27H25N3O4S. The van der Waals surface area contributed by atoms with E-state index in [1.807, 2.05) is 70.5 Å². The van der Waals surface area contributed by atoms with Crippen LogP contribution in [0.2, 0.25) is 0 Å². The summed E-state index contributed by atoms with van der Waals surface area (Å²) in [4.78, 5) is 34.5. The van der Waals surface area contributed by atoms with Gasteiger partial charge in [-0.2, -0.15) is 0 Å². The molecule has 0 saturated carbocycles. The third-order valence-corrected chi connectivity index (χ3v) is 7.64. The standard InChI is InChI=1S/C27H25N3O4S/c31-26(30-19-7-1-5-11-24(19)35-25-12-6-2-8-20(25)30)17-28-13-15-29(16-14-28)27(32)23-18-33-21-9-3-4-10-22(21)34-23/h1-12,23H,13-18H2. The molecule has 0 spiro atoms. The fourth-order valence-electron chi connectivity index (χ4n) is 4.71. The molecule has 3 aliphatic heterocycles. The van der Waals surface area contributed by atoms with Crippen LogP contribution >= 0.6 is 11.8 Å². The summed E-state index contributed by atoms with van der Waals surface area (Å²) in [6, 6.07) is 23.4. The summed E-state index contributed by atoms with van der Waals surface area (Å²) < 4.78 is 11.6. The Balaban J connectivity index is 1.10. The zero-order chi connectivity index (χ0) is 23.8. The molecule has 1 atom stereocenters. The number of nitrogens with zero attached hydrogens (tertiary/aromatic N) is 3. The summed E-state index contributed by atoms with van der Waals surface area (Å²) in [5, 5.41) is 0. The first-order valence-electron chi connectivity index (χ1n) is 11.8. The van der Waals surface area contributed by atoms with Crippen molar-refractivity contribution in [2.75, 3.05) is 44.2 Å². The molecule has 0 bridgehead atoms. The molecule has 35 heavy (non-hydrogen) atoms. The maximum atomic E-state index is 13.5. The maximum Gasteiger partial charge on any atom is 0.267 e. The molecule has 3 heterocycles. The molecule has 1 unspecified atom stereocenters. The predicted molar refractivity (Wildman–Crippen MR) is 134 cm³/mol. The molecule has 3 aromatic carbocycles. The topological polar surface area (TPSA) is 62.3 Å². The Kier molecular flexibility index (Phi) is 5.83. The average Bonchev–Trinajstić information content (AvgIpc) is 2.91. The number of para-hydroxylation sites is 4. The number of amides is 2. The molecule has 2 amide bonds. The van der Waals surface area contributed by atoms with Crippen LogP contribution < -0.4 is 14.4 Å². The van der Waals surface area contributed by atoms with Crippen molar-refractivity contribution in [3.63, 3.8) is 0 Å². The first-order valence-corrected chi connectivity index (χ1v) is 12.6. The van der Waals surface area contributed by atoms with E-state index >= 15 is 0 Å². The number of hydrogen-bond acceptors (Lipinski definition) is 6. The van der Waals surface area contributed by atoms with E-state index in [2.05, 4.69) is 17.0 Å². The van der Waals surface area contributed by atoms with E-state index in [0.717, 1.165) is 21.2 Å². The maximum absolute atomic E-state index is 13.5. The van der Waals surface area contributed by atoms with E-state index in [0.29, 0.717) is 44.2 Å². The fraction of sp³-hybridized carbons (Fsp3) is 0.259. The molecule has 0 aliphatic carbocycles. The van der Waals surface area contributed by atoms with Gasteiger partial charge in [0, 0.05) is 36.0 Å². The summed E-state index contributed by atoms with van der Waals surface area (Å²) in [5.74, 6) is 1.23. The van der Waals surface area contributed by atoms with Crippen LogP contribution in [0.25, 0.3) is 0 Å². The van der Waals surface area contributed by atoms with Gasteiger partial charge >= 0.3 is 0 Å². The van der Waals surface area contributed by atoms with Crippen molar-refractivity contribution >= 4 is 35.0 Å². The Bertz CT molecular complexity index is 1230. The molecule has 7 nitrogen and oxygen atoms in total. The van der Waals surface area contributed by atoms with Crippen molar-refractivity contribution in [3.05, 3.63) is 72.8 Å². The fourth-order valence-corrected chi connectivity index (χ4v) is 5.76. The van der Waals surface area contributed by atoms with Gasteiger partial charge in [-0.3, -0.25) is 19.4 Å². The summed E-state index contributed by atoms with van der Waals surface area (Å²) in [6.45, 7) is 2.88. The van der Waals surface area contributed by atoms with Crippen molar-refractivity contribution < 1.29 is 19.1 Å². The van der Waals surface area contributed by atoms with Crippen molar-refractivity contribution in [3.8, 4) is 11.5 Å². The normalized spacial score (nSPS) is 19.0.